The summed E-state index contributed by atoms with van der Waals surface area (Å²) in [5.74, 6) is -0.584. The molecule has 24 heavy (non-hydrogen) atoms. The number of hydrogen-bond acceptors (Lipinski definition) is 4. The van der Waals surface area contributed by atoms with Gasteiger partial charge in [-0.3, -0.25) is 4.79 Å². The number of nitrogens with one attached hydrogen (secondary N) is 1. The molecule has 0 unspecified atom stereocenters. The van der Waals surface area contributed by atoms with Crippen molar-refractivity contribution in [2.24, 2.45) is 0 Å². The first-order chi connectivity index (χ1) is 11.5. The molecule has 0 saturated carbocycles. The van der Waals surface area contributed by atoms with Gasteiger partial charge in [0.05, 0.1) is 13.0 Å². The van der Waals surface area contributed by atoms with Gasteiger partial charge in [-0.1, -0.05) is 18.2 Å². The number of H-pyrrole nitrogens is 1. The van der Waals surface area contributed by atoms with Crippen LogP contribution in [0.3, 0.4) is 0 Å². The van der Waals surface area contributed by atoms with Crippen LogP contribution in [-0.4, -0.2) is 52.2 Å². The number of fused-ring (bicyclic) bond motifs is 1. The monoisotopic (exact) mass is 330 g/mol. The molecule has 6 heteroatoms. The topological polar surface area (TPSA) is 82.6 Å². The zero-order valence-corrected chi connectivity index (χ0v) is 13.7. The Labute approximate surface area is 140 Å². The number of carbonyl (C=O) groups is 2. The van der Waals surface area contributed by atoms with Crippen molar-refractivity contribution in [3.05, 3.63) is 36.0 Å². The van der Waals surface area contributed by atoms with Crippen molar-refractivity contribution >= 4 is 22.8 Å². The number of nitrogens with zero attached hydrogens (tertiary/aromatic N) is 1. The molecule has 0 spiro atoms. The molecule has 0 bridgehead atoms. The Morgan fingerprint density at radius 3 is 2.71 bits per heavy atom. The third-order valence-corrected chi connectivity index (χ3v) is 4.62. The van der Waals surface area contributed by atoms with Gasteiger partial charge in [0.1, 0.15) is 0 Å². The van der Waals surface area contributed by atoms with E-state index >= 15 is 0 Å². The molecule has 1 aliphatic rings. The number of aromatic nitrogens is 1. The molecule has 3 rings (SSSR count). The van der Waals surface area contributed by atoms with Gasteiger partial charge in [0.25, 0.3) is 0 Å². The minimum Gasteiger partial charge on any atom is -0.464 e. The molecule has 0 radical (unpaired) electrons. The van der Waals surface area contributed by atoms with Crippen LogP contribution in [0, 0.1) is 0 Å². The molecule has 1 aromatic heterocycles. The van der Waals surface area contributed by atoms with Crippen LogP contribution in [0.15, 0.2) is 30.5 Å². The number of likely N-dealkylation sites (tertiary alicyclic amines) is 1. The molecule has 2 aromatic rings. The van der Waals surface area contributed by atoms with Crippen molar-refractivity contribution in [2.75, 3.05) is 19.7 Å². The van der Waals surface area contributed by atoms with Gasteiger partial charge in [0.15, 0.2) is 5.60 Å². The quantitative estimate of drug-likeness (QED) is 0.835. The van der Waals surface area contributed by atoms with Crippen LogP contribution in [0.4, 0.5) is 0 Å². The Morgan fingerprint density at radius 2 is 2.00 bits per heavy atom. The molecule has 1 amide bonds. The SMILES string of the molecule is CCOC(=O)C1(O)CCN(C(=O)Cc2c[nH]c3ccccc23)CC1. The van der Waals surface area contributed by atoms with Crippen molar-refractivity contribution in [1.82, 2.24) is 9.88 Å². The Bertz CT molecular complexity index is 744. The van der Waals surface area contributed by atoms with Crippen LogP contribution < -0.4 is 0 Å². The first kappa shape index (κ1) is 16.5. The van der Waals surface area contributed by atoms with Crippen molar-refractivity contribution in [3.8, 4) is 0 Å². The van der Waals surface area contributed by atoms with E-state index in [1.165, 1.54) is 0 Å². The summed E-state index contributed by atoms with van der Waals surface area (Å²) in [5.41, 5.74) is 0.505. The van der Waals surface area contributed by atoms with E-state index in [0.29, 0.717) is 19.5 Å². The highest BCUT2D eigenvalue weighted by molar-refractivity contribution is 5.89. The van der Waals surface area contributed by atoms with Crippen LogP contribution >= 0.6 is 0 Å². The fourth-order valence-electron chi connectivity index (χ4n) is 3.15. The zero-order chi connectivity index (χ0) is 17.2. The normalized spacial score (nSPS) is 17.0. The van der Waals surface area contributed by atoms with Crippen molar-refractivity contribution in [2.45, 2.75) is 31.8 Å². The fraction of sp³-hybridized carbons (Fsp3) is 0.444. The third kappa shape index (κ3) is 3.14. The Morgan fingerprint density at radius 1 is 1.29 bits per heavy atom. The lowest BCUT2D eigenvalue weighted by Crippen LogP contribution is -2.51. The van der Waals surface area contributed by atoms with Gasteiger partial charge in [-0.15, -0.1) is 0 Å². The number of rotatable bonds is 4. The number of para-hydroxylation sites is 1. The van der Waals surface area contributed by atoms with Gasteiger partial charge in [-0.05, 0) is 18.6 Å². The number of hydrogen-bond donors (Lipinski definition) is 2. The second-order valence-corrected chi connectivity index (χ2v) is 6.17. The number of benzene rings is 1. The summed E-state index contributed by atoms with van der Waals surface area (Å²) in [6.07, 6.45) is 2.60. The number of ether oxygens (including phenoxy) is 1. The van der Waals surface area contributed by atoms with Gasteiger partial charge in [-0.25, -0.2) is 4.79 Å². The maximum atomic E-state index is 12.5. The predicted molar refractivity (Wildman–Crippen MR) is 89.4 cm³/mol. The Balaban J connectivity index is 1.62. The molecular weight excluding hydrogens is 308 g/mol. The first-order valence-corrected chi connectivity index (χ1v) is 8.26. The minimum atomic E-state index is -1.46. The predicted octanol–water partition coefficient (Wildman–Crippen LogP) is 1.63. The second kappa shape index (κ2) is 6.65. The van der Waals surface area contributed by atoms with Crippen molar-refractivity contribution in [3.63, 3.8) is 0 Å². The van der Waals surface area contributed by atoms with Crippen molar-refractivity contribution in [1.29, 1.82) is 0 Å². The molecule has 1 fully saturated rings. The number of aliphatic hydroxyl groups is 1. The summed E-state index contributed by atoms with van der Waals surface area (Å²) in [7, 11) is 0. The average molecular weight is 330 g/mol. The smallest absolute Gasteiger partial charge is 0.338 e. The van der Waals surface area contributed by atoms with E-state index in [2.05, 4.69) is 4.98 Å². The van der Waals surface area contributed by atoms with Crippen molar-refractivity contribution < 1.29 is 19.4 Å². The Kier molecular flexibility index (Phi) is 4.57. The zero-order valence-electron chi connectivity index (χ0n) is 13.7. The minimum absolute atomic E-state index is 0.00524. The van der Waals surface area contributed by atoms with Crippen LogP contribution in [-0.2, 0) is 20.7 Å². The molecule has 1 aromatic carbocycles. The fourth-order valence-corrected chi connectivity index (χ4v) is 3.15. The lowest BCUT2D eigenvalue weighted by molar-refractivity contribution is -0.171. The molecule has 0 aliphatic carbocycles. The molecular formula is C18H22N2O4. The van der Waals surface area contributed by atoms with Gasteiger partial charge < -0.3 is 19.7 Å². The number of amides is 1. The van der Waals surface area contributed by atoms with E-state index < -0.39 is 11.6 Å². The first-order valence-electron chi connectivity index (χ1n) is 8.26. The van der Waals surface area contributed by atoms with Crippen LogP contribution in [0.1, 0.15) is 25.3 Å². The van der Waals surface area contributed by atoms with Crippen LogP contribution in [0.25, 0.3) is 10.9 Å². The van der Waals surface area contributed by atoms with E-state index in [1.54, 1.807) is 11.8 Å². The third-order valence-electron chi connectivity index (χ3n) is 4.62. The summed E-state index contributed by atoms with van der Waals surface area (Å²) < 4.78 is 4.92. The Hall–Kier alpha value is -2.34. The van der Waals surface area contributed by atoms with E-state index in [9.17, 15) is 14.7 Å². The van der Waals surface area contributed by atoms with E-state index in [1.807, 2.05) is 30.5 Å². The standard InChI is InChI=1S/C18H22N2O4/c1-2-24-17(22)18(23)7-9-20(10-8-18)16(21)11-13-12-19-15-6-4-3-5-14(13)15/h3-6,12,19,23H,2,7-11H2,1H3. The van der Waals surface area contributed by atoms with Gasteiger partial charge >= 0.3 is 5.97 Å². The number of piperidine rings is 1. The number of aromatic amines is 1. The highest BCUT2D eigenvalue weighted by atomic mass is 16.5. The molecule has 2 N–H and O–H groups in total. The molecule has 6 nitrogen and oxygen atoms in total. The molecule has 2 heterocycles. The molecule has 1 saturated heterocycles. The summed E-state index contributed by atoms with van der Waals surface area (Å²) in [4.78, 5) is 29.2. The summed E-state index contributed by atoms with van der Waals surface area (Å²) >= 11 is 0. The highest BCUT2D eigenvalue weighted by Crippen LogP contribution is 2.25. The molecule has 0 atom stereocenters. The van der Waals surface area contributed by atoms with Gasteiger partial charge in [-0.2, -0.15) is 0 Å². The average Bonchev–Trinajstić information content (AvgIpc) is 2.99. The second-order valence-electron chi connectivity index (χ2n) is 6.17. The van der Waals surface area contributed by atoms with Gasteiger partial charge in [0, 0.05) is 43.0 Å². The van der Waals surface area contributed by atoms with E-state index in [0.717, 1.165) is 16.5 Å². The number of esters is 1. The highest BCUT2D eigenvalue weighted by Gasteiger charge is 2.41. The van der Waals surface area contributed by atoms with Crippen LogP contribution in [0.2, 0.25) is 0 Å². The lowest BCUT2D eigenvalue weighted by atomic mass is 9.91. The van der Waals surface area contributed by atoms with Crippen LogP contribution in [0.5, 0.6) is 0 Å². The summed E-state index contributed by atoms with van der Waals surface area (Å²) in [5, 5.41) is 11.4. The van der Waals surface area contributed by atoms with E-state index in [-0.39, 0.29) is 25.4 Å². The summed E-state index contributed by atoms with van der Waals surface area (Å²) in [6.45, 7) is 2.67. The maximum absolute atomic E-state index is 12.5. The van der Waals surface area contributed by atoms with Gasteiger partial charge in [0.2, 0.25) is 5.91 Å². The molecule has 1 aliphatic heterocycles. The maximum Gasteiger partial charge on any atom is 0.338 e. The lowest BCUT2D eigenvalue weighted by Gasteiger charge is -2.36. The number of carbonyl (C=O) groups excluding carboxylic acids is 2. The van der Waals surface area contributed by atoms with E-state index in [4.69, 9.17) is 4.74 Å². The molecule has 128 valence electrons. The summed E-state index contributed by atoms with van der Waals surface area (Å²) in [6, 6.07) is 7.86. The largest absolute Gasteiger partial charge is 0.464 e.